The van der Waals surface area contributed by atoms with Crippen LogP contribution in [0.15, 0.2) is 10.4 Å². The lowest BCUT2D eigenvalue weighted by molar-refractivity contribution is 0.0783. The zero-order valence-electron chi connectivity index (χ0n) is 16.8. The molecule has 2 amide bonds. The molecule has 0 unspecified atom stereocenters. The third kappa shape index (κ3) is 4.07. The smallest absolute Gasteiger partial charge is 0.330 e. The van der Waals surface area contributed by atoms with E-state index in [0.29, 0.717) is 10.9 Å². The fraction of sp³-hybridized carbons (Fsp3) is 0.526. The molecule has 2 heterocycles. The number of hydrogen-bond donors (Lipinski definition) is 5. The fourth-order valence-corrected chi connectivity index (χ4v) is 5.97. The van der Waals surface area contributed by atoms with Gasteiger partial charge in [-0.3, -0.25) is 14.8 Å². The van der Waals surface area contributed by atoms with Crippen molar-refractivity contribution in [1.29, 1.82) is 0 Å². The van der Waals surface area contributed by atoms with Gasteiger partial charge in [-0.2, -0.15) is 0 Å². The molecule has 2 aromatic heterocycles. The van der Waals surface area contributed by atoms with Crippen LogP contribution < -0.4 is 15.2 Å². The third-order valence-corrected chi connectivity index (χ3v) is 8.83. The summed E-state index contributed by atoms with van der Waals surface area (Å²) in [6.45, 7) is 5.15. The fourth-order valence-electron chi connectivity index (χ4n) is 3.68. The highest BCUT2D eigenvalue weighted by Crippen LogP contribution is 2.44. The number of anilines is 1. The maximum Gasteiger partial charge on any atom is 0.330 e. The van der Waals surface area contributed by atoms with Crippen molar-refractivity contribution in [2.75, 3.05) is 5.32 Å². The summed E-state index contributed by atoms with van der Waals surface area (Å²) >= 11 is 1.03. The Hall–Kier alpha value is -1.88. The van der Waals surface area contributed by atoms with Crippen LogP contribution in [0, 0.1) is 6.92 Å². The molecule has 1 saturated carbocycles. The second-order valence-electron chi connectivity index (χ2n) is 8.34. The Morgan fingerprint density at radius 2 is 2.10 bits per heavy atom. The Kier molecular flexibility index (Phi) is 5.01. The van der Waals surface area contributed by atoms with Crippen LogP contribution in [0.5, 0.6) is 0 Å². The van der Waals surface area contributed by atoms with Gasteiger partial charge in [-0.05, 0) is 64.0 Å². The zero-order chi connectivity index (χ0) is 21.0. The van der Waals surface area contributed by atoms with Gasteiger partial charge < -0.3 is 10.4 Å². The molecule has 2 aliphatic rings. The van der Waals surface area contributed by atoms with E-state index < -0.39 is 21.9 Å². The summed E-state index contributed by atoms with van der Waals surface area (Å²) in [4.78, 5) is 21.6. The second-order valence-corrected chi connectivity index (χ2v) is 11.7. The molecule has 0 saturated heterocycles. The minimum Gasteiger partial charge on any atom is -0.383 e. The Morgan fingerprint density at radius 3 is 2.72 bits per heavy atom. The number of aliphatic hydroxyl groups is 1. The number of pyridine rings is 1. The molecular weight excluding hydrogens is 410 g/mol. The van der Waals surface area contributed by atoms with Gasteiger partial charge in [0, 0.05) is 27.6 Å². The number of nitrogens with zero attached hydrogens (tertiary/aromatic N) is 2. The number of carbonyl (C=O) groups is 1. The third-order valence-electron chi connectivity index (χ3n) is 5.32. The van der Waals surface area contributed by atoms with Gasteiger partial charge in [0.15, 0.2) is 0 Å². The van der Waals surface area contributed by atoms with E-state index in [1.54, 1.807) is 13.8 Å². The predicted octanol–water partition coefficient (Wildman–Crippen LogP) is 2.43. The number of thiol groups is 1. The summed E-state index contributed by atoms with van der Waals surface area (Å²) in [5, 5.41) is 19.3. The first-order valence-electron chi connectivity index (χ1n) is 9.75. The van der Waals surface area contributed by atoms with E-state index in [-0.39, 0.29) is 4.21 Å². The number of aromatic nitrogens is 2. The maximum absolute atomic E-state index is 12.9. The highest BCUT2D eigenvalue weighted by molar-refractivity contribution is 8.01. The van der Waals surface area contributed by atoms with Gasteiger partial charge in [-0.25, -0.2) is 14.0 Å². The first-order chi connectivity index (χ1) is 13.6. The Balaban J connectivity index is 1.56. The molecular formula is C19H27N5O3S2. The largest absolute Gasteiger partial charge is 0.383 e. The van der Waals surface area contributed by atoms with Gasteiger partial charge in [-0.1, -0.05) is 0 Å². The summed E-state index contributed by atoms with van der Waals surface area (Å²) in [5.74, 6) is 0.475. The number of urea groups is 1. The van der Waals surface area contributed by atoms with Crippen molar-refractivity contribution in [3.63, 3.8) is 0 Å². The monoisotopic (exact) mass is 437 g/mol. The van der Waals surface area contributed by atoms with E-state index in [1.807, 2.05) is 6.92 Å². The first kappa shape index (κ1) is 20.4. The van der Waals surface area contributed by atoms with Crippen molar-refractivity contribution < 1.29 is 14.1 Å². The number of hydrogen-bond acceptors (Lipinski definition) is 6. The Morgan fingerprint density at radius 1 is 1.38 bits per heavy atom. The average Bonchev–Trinajstić information content (AvgIpc) is 3.13. The molecule has 1 fully saturated rings. The molecule has 0 radical (unpaired) electrons. The highest BCUT2D eigenvalue weighted by Gasteiger charge is 2.32. The molecule has 8 nitrogen and oxygen atoms in total. The van der Waals surface area contributed by atoms with E-state index in [1.165, 1.54) is 6.20 Å². The molecule has 0 aromatic carbocycles. The topological polar surface area (TPSA) is 130 Å². The van der Waals surface area contributed by atoms with Crippen LogP contribution >= 0.6 is 11.3 Å². The van der Waals surface area contributed by atoms with Gasteiger partial charge in [0.2, 0.25) is 0 Å². The summed E-state index contributed by atoms with van der Waals surface area (Å²) in [5.41, 5.74) is 3.77. The van der Waals surface area contributed by atoms with Crippen LogP contribution in [0.2, 0.25) is 0 Å². The number of carbonyl (C=O) groups excluding carboxylic acids is 1. The number of amides is 2. The van der Waals surface area contributed by atoms with E-state index in [9.17, 15) is 14.1 Å². The van der Waals surface area contributed by atoms with Gasteiger partial charge >= 0.3 is 6.03 Å². The number of aryl methyl sites for hydroxylation is 1. The van der Waals surface area contributed by atoms with Gasteiger partial charge in [0.1, 0.15) is 14.8 Å². The molecule has 29 heavy (non-hydrogen) atoms. The molecule has 158 valence electrons. The van der Waals surface area contributed by atoms with Crippen molar-refractivity contribution in [3.8, 4) is 0 Å². The lowest BCUT2D eigenvalue weighted by atomic mass is 10.0. The quantitative estimate of drug-likeness (QED) is 0.459. The normalized spacial score (nSPS) is 17.1. The van der Waals surface area contributed by atoms with Crippen LogP contribution in [0.3, 0.4) is 0 Å². The maximum atomic E-state index is 12.9. The molecule has 0 bridgehead atoms. The minimum absolute atomic E-state index is 0.236. The van der Waals surface area contributed by atoms with E-state index in [2.05, 4.69) is 15.0 Å². The zero-order valence-corrected chi connectivity index (χ0v) is 18.5. The summed E-state index contributed by atoms with van der Waals surface area (Å²) in [7, 11) is -3.67. The van der Waals surface area contributed by atoms with Crippen LogP contribution in [0.1, 0.15) is 66.6 Å². The highest BCUT2D eigenvalue weighted by atomic mass is 32.3. The number of thiazole rings is 1. The van der Waals surface area contributed by atoms with E-state index in [4.69, 9.17) is 10.1 Å². The molecule has 0 aliphatic heterocycles. The van der Waals surface area contributed by atoms with E-state index >= 15 is 0 Å². The Bertz CT molecular complexity index is 1020. The lowest BCUT2D eigenvalue weighted by Gasteiger charge is -2.21. The summed E-state index contributed by atoms with van der Waals surface area (Å²) in [6, 6.07) is -0.612. The van der Waals surface area contributed by atoms with Crippen molar-refractivity contribution in [1.82, 2.24) is 14.7 Å². The van der Waals surface area contributed by atoms with Crippen molar-refractivity contribution in [2.24, 2.45) is 5.14 Å². The van der Waals surface area contributed by atoms with Crippen molar-refractivity contribution in [3.05, 3.63) is 33.7 Å². The Labute approximate surface area is 175 Å². The standard InChI is InChI=1S/C19H27N5O3S2/c1-10-15(11-7-8-11)22-13-6-4-5-12(13)16(10)23-18(25)24-29(20,27)14-9-21-17(28-14)19(2,3)26/h9,11,26,29H,4-8H2,1-3H3,(H4,20,22,23,24,25,27). The second kappa shape index (κ2) is 7.12. The number of nitrogens with two attached hydrogens (primary N) is 1. The van der Waals surface area contributed by atoms with Crippen LogP contribution in [-0.4, -0.2) is 25.3 Å². The van der Waals surface area contributed by atoms with Crippen molar-refractivity contribution >= 4 is 33.4 Å². The first-order valence-corrected chi connectivity index (χ1v) is 12.3. The summed E-state index contributed by atoms with van der Waals surface area (Å²) < 4.78 is 15.6. The molecule has 10 heteroatoms. The molecule has 0 atom stereocenters. The predicted molar refractivity (Wildman–Crippen MR) is 114 cm³/mol. The van der Waals surface area contributed by atoms with Crippen molar-refractivity contribution in [2.45, 2.75) is 68.6 Å². The molecule has 4 rings (SSSR count). The van der Waals surface area contributed by atoms with Crippen LogP contribution in [0.4, 0.5) is 10.5 Å². The number of fused-ring (bicyclic) bond motifs is 1. The van der Waals surface area contributed by atoms with Gasteiger partial charge in [0.25, 0.3) is 0 Å². The molecule has 0 spiro atoms. The number of nitrogens with one attached hydrogen (secondary N) is 2. The summed E-state index contributed by atoms with van der Waals surface area (Å²) in [6.07, 6.45) is 6.41. The van der Waals surface area contributed by atoms with Crippen LogP contribution in [-0.2, 0) is 28.7 Å². The van der Waals surface area contributed by atoms with E-state index in [0.717, 1.165) is 71.6 Å². The molecule has 2 aliphatic carbocycles. The number of rotatable bonds is 5. The van der Waals surface area contributed by atoms with Gasteiger partial charge in [-0.15, -0.1) is 11.3 Å². The minimum atomic E-state index is -3.67. The lowest BCUT2D eigenvalue weighted by Crippen LogP contribution is -2.44. The average molecular weight is 438 g/mol. The molecule has 5 N–H and O–H groups in total. The van der Waals surface area contributed by atoms with Gasteiger partial charge in [0.05, 0.1) is 11.9 Å². The van der Waals surface area contributed by atoms with Crippen LogP contribution in [0.25, 0.3) is 0 Å². The molecule has 2 aromatic rings. The SMILES string of the molecule is Cc1c(C2CC2)nc2c(c1NC(=O)N[SH](N)(=O)c1cnc(C(C)(C)O)s1)CCC2.